The molecule has 0 spiro atoms. The molecule has 0 aliphatic carbocycles. The Hall–Kier alpha value is -1.77. The highest BCUT2D eigenvalue weighted by Crippen LogP contribution is 2.14. The maximum absolute atomic E-state index is 5.96. The summed E-state index contributed by atoms with van der Waals surface area (Å²) in [5.41, 5.74) is 8.16. The zero-order valence-electron chi connectivity index (χ0n) is 8.85. The summed E-state index contributed by atoms with van der Waals surface area (Å²) in [5, 5.41) is 0. The number of benzene rings is 1. The molecule has 1 aromatic heterocycles. The molecule has 0 unspecified atom stereocenters. The van der Waals surface area contributed by atoms with Gasteiger partial charge in [-0.05, 0) is 12.5 Å². The average Bonchev–Trinajstić information content (AvgIpc) is 2.62. The van der Waals surface area contributed by atoms with Crippen molar-refractivity contribution in [3.05, 3.63) is 47.9 Å². The number of nitrogens with zero attached hydrogens (tertiary/aromatic N) is 2. The Morgan fingerprint density at radius 1 is 1.27 bits per heavy atom. The van der Waals surface area contributed by atoms with Gasteiger partial charge in [0.2, 0.25) is 0 Å². The Labute approximate surface area is 89.6 Å². The van der Waals surface area contributed by atoms with Crippen LogP contribution < -0.4 is 5.73 Å². The van der Waals surface area contributed by atoms with Crippen molar-refractivity contribution in [2.24, 2.45) is 0 Å². The summed E-state index contributed by atoms with van der Waals surface area (Å²) in [5.74, 6) is 0.779. The fourth-order valence-electron chi connectivity index (χ4n) is 1.61. The highest BCUT2D eigenvalue weighted by molar-refractivity contribution is 5.39. The third-order valence-corrected chi connectivity index (χ3v) is 2.51. The monoisotopic (exact) mass is 201 g/mol. The lowest BCUT2D eigenvalue weighted by Crippen LogP contribution is -2.01. The van der Waals surface area contributed by atoms with E-state index in [4.69, 9.17) is 5.73 Å². The third kappa shape index (κ3) is 2.01. The van der Waals surface area contributed by atoms with Crippen molar-refractivity contribution in [2.45, 2.75) is 19.9 Å². The summed E-state index contributed by atoms with van der Waals surface area (Å²) in [6.07, 6.45) is 2.60. The molecule has 78 valence electrons. The van der Waals surface area contributed by atoms with E-state index in [-0.39, 0.29) is 0 Å². The summed E-state index contributed by atoms with van der Waals surface area (Å²) >= 11 is 0. The maximum Gasteiger partial charge on any atom is 0.126 e. The van der Waals surface area contributed by atoms with E-state index in [0.29, 0.717) is 0 Å². The molecule has 3 heteroatoms. The number of imidazole rings is 1. The quantitative estimate of drug-likeness (QED) is 0.826. The minimum Gasteiger partial charge on any atom is -0.384 e. The van der Waals surface area contributed by atoms with Crippen molar-refractivity contribution >= 4 is 5.82 Å². The first kappa shape index (κ1) is 9.77. The van der Waals surface area contributed by atoms with Crippen LogP contribution in [0.1, 0.15) is 18.2 Å². The van der Waals surface area contributed by atoms with E-state index < -0.39 is 0 Å². The molecule has 0 aliphatic rings. The number of rotatable bonds is 3. The van der Waals surface area contributed by atoms with E-state index in [0.717, 1.165) is 24.5 Å². The summed E-state index contributed by atoms with van der Waals surface area (Å²) in [7, 11) is 0. The van der Waals surface area contributed by atoms with E-state index in [1.54, 1.807) is 6.33 Å². The number of anilines is 1. The second-order valence-electron chi connectivity index (χ2n) is 3.52. The minimum atomic E-state index is 0.779. The van der Waals surface area contributed by atoms with Crippen LogP contribution in [0.15, 0.2) is 36.7 Å². The lowest BCUT2D eigenvalue weighted by atomic mass is 10.1. The van der Waals surface area contributed by atoms with Crippen LogP contribution in [0.5, 0.6) is 0 Å². The molecule has 0 aliphatic heterocycles. The molecule has 2 rings (SSSR count). The number of hydrogen-bond acceptors (Lipinski definition) is 2. The first-order chi connectivity index (χ1) is 7.31. The molecule has 3 nitrogen and oxygen atoms in total. The SMILES string of the molecule is CCn1cnc(Cc2ccccc2)c1N. The molecule has 15 heavy (non-hydrogen) atoms. The summed E-state index contributed by atoms with van der Waals surface area (Å²) < 4.78 is 1.96. The molecule has 0 atom stereocenters. The normalized spacial score (nSPS) is 10.5. The Morgan fingerprint density at radius 3 is 2.60 bits per heavy atom. The molecular formula is C12H15N3. The Bertz CT molecular complexity index is 431. The van der Waals surface area contributed by atoms with Gasteiger partial charge >= 0.3 is 0 Å². The number of aryl methyl sites for hydroxylation is 1. The van der Waals surface area contributed by atoms with Crippen molar-refractivity contribution < 1.29 is 0 Å². The number of aromatic nitrogens is 2. The fourth-order valence-corrected chi connectivity index (χ4v) is 1.61. The Kier molecular flexibility index (Phi) is 2.72. The fraction of sp³-hybridized carbons (Fsp3) is 0.250. The Morgan fingerprint density at radius 2 is 2.00 bits per heavy atom. The van der Waals surface area contributed by atoms with Gasteiger partial charge in [0.15, 0.2) is 0 Å². The van der Waals surface area contributed by atoms with E-state index in [1.807, 2.05) is 22.8 Å². The van der Waals surface area contributed by atoms with E-state index in [2.05, 4.69) is 24.0 Å². The first-order valence-corrected chi connectivity index (χ1v) is 5.14. The molecule has 0 saturated carbocycles. The molecule has 0 bridgehead atoms. The van der Waals surface area contributed by atoms with Gasteiger partial charge < -0.3 is 10.3 Å². The molecule has 0 radical (unpaired) electrons. The van der Waals surface area contributed by atoms with Gasteiger partial charge in [-0.25, -0.2) is 4.98 Å². The highest BCUT2D eigenvalue weighted by Gasteiger charge is 2.06. The second-order valence-corrected chi connectivity index (χ2v) is 3.52. The summed E-state index contributed by atoms with van der Waals surface area (Å²) in [4.78, 5) is 4.32. The molecule has 0 saturated heterocycles. The van der Waals surface area contributed by atoms with Gasteiger partial charge in [0.25, 0.3) is 0 Å². The van der Waals surface area contributed by atoms with E-state index in [1.165, 1.54) is 5.56 Å². The predicted octanol–water partition coefficient (Wildman–Crippen LogP) is 2.08. The van der Waals surface area contributed by atoms with Crippen LogP contribution in [0.2, 0.25) is 0 Å². The molecule has 2 aromatic rings. The van der Waals surface area contributed by atoms with Crippen molar-refractivity contribution in [1.29, 1.82) is 0 Å². The molecule has 0 fully saturated rings. The molecular weight excluding hydrogens is 186 g/mol. The van der Waals surface area contributed by atoms with Gasteiger partial charge in [-0.2, -0.15) is 0 Å². The van der Waals surface area contributed by atoms with Crippen LogP contribution in [0.3, 0.4) is 0 Å². The average molecular weight is 201 g/mol. The standard InChI is InChI=1S/C12H15N3/c1-2-15-9-14-11(12(15)13)8-10-6-4-3-5-7-10/h3-7,9H,2,8,13H2,1H3. The van der Waals surface area contributed by atoms with Crippen LogP contribution >= 0.6 is 0 Å². The van der Waals surface area contributed by atoms with Crippen molar-refractivity contribution in [3.63, 3.8) is 0 Å². The highest BCUT2D eigenvalue weighted by atomic mass is 15.1. The van der Waals surface area contributed by atoms with Gasteiger partial charge in [0.05, 0.1) is 12.0 Å². The summed E-state index contributed by atoms with van der Waals surface area (Å²) in [6, 6.07) is 10.2. The van der Waals surface area contributed by atoms with Crippen LogP contribution in [-0.2, 0) is 13.0 Å². The van der Waals surface area contributed by atoms with Crippen LogP contribution in [0.4, 0.5) is 5.82 Å². The van der Waals surface area contributed by atoms with E-state index in [9.17, 15) is 0 Å². The summed E-state index contributed by atoms with van der Waals surface area (Å²) in [6.45, 7) is 2.93. The van der Waals surface area contributed by atoms with Crippen molar-refractivity contribution in [3.8, 4) is 0 Å². The third-order valence-electron chi connectivity index (χ3n) is 2.51. The number of nitrogen functional groups attached to an aromatic ring is 1. The van der Waals surface area contributed by atoms with Gasteiger partial charge in [0.1, 0.15) is 5.82 Å². The number of hydrogen-bond donors (Lipinski definition) is 1. The van der Waals surface area contributed by atoms with Crippen LogP contribution in [0.25, 0.3) is 0 Å². The topological polar surface area (TPSA) is 43.8 Å². The maximum atomic E-state index is 5.96. The molecule has 1 heterocycles. The second kappa shape index (κ2) is 4.17. The molecule has 1 aromatic carbocycles. The minimum absolute atomic E-state index is 0.779. The van der Waals surface area contributed by atoms with Gasteiger partial charge in [0, 0.05) is 13.0 Å². The Balaban J connectivity index is 2.21. The van der Waals surface area contributed by atoms with E-state index >= 15 is 0 Å². The van der Waals surface area contributed by atoms with Gasteiger partial charge in [-0.15, -0.1) is 0 Å². The lowest BCUT2D eigenvalue weighted by Gasteiger charge is -2.02. The van der Waals surface area contributed by atoms with Gasteiger partial charge in [-0.3, -0.25) is 0 Å². The largest absolute Gasteiger partial charge is 0.384 e. The van der Waals surface area contributed by atoms with Crippen molar-refractivity contribution in [1.82, 2.24) is 9.55 Å². The zero-order valence-corrected chi connectivity index (χ0v) is 8.85. The molecule has 2 N–H and O–H groups in total. The number of nitrogens with two attached hydrogens (primary N) is 1. The van der Waals surface area contributed by atoms with Gasteiger partial charge in [-0.1, -0.05) is 30.3 Å². The molecule has 0 amide bonds. The van der Waals surface area contributed by atoms with Crippen molar-refractivity contribution in [2.75, 3.05) is 5.73 Å². The van der Waals surface area contributed by atoms with Crippen LogP contribution in [-0.4, -0.2) is 9.55 Å². The smallest absolute Gasteiger partial charge is 0.126 e. The first-order valence-electron chi connectivity index (χ1n) is 5.14. The zero-order chi connectivity index (χ0) is 10.7. The lowest BCUT2D eigenvalue weighted by molar-refractivity contribution is 0.771. The predicted molar refractivity (Wildman–Crippen MR) is 61.6 cm³/mol. The van der Waals surface area contributed by atoms with Crippen LogP contribution in [0, 0.1) is 0 Å².